The van der Waals surface area contributed by atoms with Crippen LogP contribution in [-0.2, 0) is 5.75 Å². The van der Waals surface area contributed by atoms with Crippen molar-refractivity contribution in [3.63, 3.8) is 0 Å². The topological polar surface area (TPSA) is 94.9 Å². The fourth-order valence-electron chi connectivity index (χ4n) is 1.41. The lowest BCUT2D eigenvalue weighted by molar-refractivity contribution is 0.1000. The van der Waals surface area contributed by atoms with E-state index >= 15 is 0 Å². The lowest BCUT2D eigenvalue weighted by Crippen LogP contribution is -2.10. The van der Waals surface area contributed by atoms with Gasteiger partial charge in [-0.05, 0) is 17.7 Å². The molecule has 92 valence electrons. The Hall–Kier alpha value is -2.08. The highest BCUT2D eigenvalue weighted by atomic mass is 32.2. The number of rotatable bonds is 4. The van der Waals surface area contributed by atoms with Gasteiger partial charge in [-0.2, -0.15) is 0 Å². The summed E-state index contributed by atoms with van der Waals surface area (Å²) in [7, 11) is 0. The zero-order valence-electron chi connectivity index (χ0n) is 9.54. The molecule has 18 heavy (non-hydrogen) atoms. The lowest BCUT2D eigenvalue weighted by Gasteiger charge is -2.04. The number of hydrogen-bond acceptors (Lipinski definition) is 5. The lowest BCUT2D eigenvalue weighted by atomic mass is 10.1. The zero-order valence-corrected chi connectivity index (χ0v) is 10.4. The van der Waals surface area contributed by atoms with Crippen molar-refractivity contribution in [1.29, 1.82) is 0 Å². The summed E-state index contributed by atoms with van der Waals surface area (Å²) in [6, 6.07) is 7.18. The van der Waals surface area contributed by atoms with E-state index in [1.54, 1.807) is 30.6 Å². The number of carbonyl (C=O) groups is 1. The maximum atomic E-state index is 11.1. The van der Waals surface area contributed by atoms with E-state index in [1.165, 1.54) is 11.8 Å². The largest absolute Gasteiger partial charge is 0.381 e. The quantitative estimate of drug-likeness (QED) is 0.811. The number of primary amides is 1. The molecule has 0 aliphatic rings. The molecule has 0 radical (unpaired) electrons. The van der Waals surface area contributed by atoms with E-state index in [0.29, 0.717) is 22.2 Å². The van der Waals surface area contributed by atoms with Crippen LogP contribution in [0.5, 0.6) is 0 Å². The third-order valence-electron chi connectivity index (χ3n) is 2.28. The van der Waals surface area contributed by atoms with Crippen molar-refractivity contribution >= 4 is 23.5 Å². The molecule has 0 saturated carbocycles. The molecular weight excluding hydrogens is 248 g/mol. The number of anilines is 1. The van der Waals surface area contributed by atoms with Gasteiger partial charge in [-0.25, -0.2) is 9.97 Å². The fourth-order valence-corrected chi connectivity index (χ4v) is 2.23. The minimum absolute atomic E-state index is 0.411. The first-order valence-electron chi connectivity index (χ1n) is 5.25. The maximum Gasteiger partial charge on any atom is 0.248 e. The van der Waals surface area contributed by atoms with E-state index in [9.17, 15) is 4.79 Å². The van der Waals surface area contributed by atoms with Crippen LogP contribution in [-0.4, -0.2) is 15.9 Å². The monoisotopic (exact) mass is 260 g/mol. The van der Waals surface area contributed by atoms with Gasteiger partial charge in [0.15, 0.2) is 5.82 Å². The standard InChI is InChI=1S/C12H12N4OS/c13-10-12(16-5-4-15-10)18-7-8-2-1-3-9(6-8)11(14)17/h1-6H,7H2,(H2,13,15)(H2,14,17). The third kappa shape index (κ3) is 2.98. The second kappa shape index (κ2) is 5.50. The predicted molar refractivity (Wildman–Crippen MR) is 71.0 cm³/mol. The fraction of sp³-hybridized carbons (Fsp3) is 0.0833. The van der Waals surface area contributed by atoms with Crippen molar-refractivity contribution in [2.45, 2.75) is 10.8 Å². The van der Waals surface area contributed by atoms with Crippen molar-refractivity contribution < 1.29 is 4.79 Å². The second-order valence-electron chi connectivity index (χ2n) is 3.60. The number of carbonyl (C=O) groups excluding carboxylic acids is 1. The first-order valence-corrected chi connectivity index (χ1v) is 6.23. The summed E-state index contributed by atoms with van der Waals surface area (Å²) in [5, 5.41) is 0.682. The van der Waals surface area contributed by atoms with Crippen LogP contribution >= 0.6 is 11.8 Å². The molecule has 0 unspecified atom stereocenters. The van der Waals surface area contributed by atoms with E-state index in [-0.39, 0.29) is 0 Å². The smallest absolute Gasteiger partial charge is 0.248 e. The Morgan fingerprint density at radius 1 is 1.28 bits per heavy atom. The highest BCUT2D eigenvalue weighted by Gasteiger charge is 2.05. The van der Waals surface area contributed by atoms with Gasteiger partial charge < -0.3 is 11.5 Å². The van der Waals surface area contributed by atoms with Gasteiger partial charge in [-0.3, -0.25) is 4.79 Å². The van der Waals surface area contributed by atoms with Crippen LogP contribution in [0.25, 0.3) is 0 Å². The third-order valence-corrected chi connectivity index (χ3v) is 3.34. The van der Waals surface area contributed by atoms with E-state index in [1.807, 2.05) is 6.07 Å². The maximum absolute atomic E-state index is 11.1. The molecule has 5 nitrogen and oxygen atoms in total. The Kier molecular flexibility index (Phi) is 3.78. The Bertz CT molecular complexity index is 574. The first kappa shape index (κ1) is 12.4. The van der Waals surface area contributed by atoms with Gasteiger partial charge >= 0.3 is 0 Å². The summed E-state index contributed by atoms with van der Waals surface area (Å²) in [4.78, 5) is 19.1. The number of nitrogen functional groups attached to an aromatic ring is 1. The van der Waals surface area contributed by atoms with Crippen LogP contribution in [0.2, 0.25) is 0 Å². The SMILES string of the molecule is NC(=O)c1cccc(CSc2nccnc2N)c1. The first-order chi connectivity index (χ1) is 8.66. The van der Waals surface area contributed by atoms with E-state index in [2.05, 4.69) is 9.97 Å². The Morgan fingerprint density at radius 3 is 2.78 bits per heavy atom. The molecular formula is C12H12N4OS. The highest BCUT2D eigenvalue weighted by Crippen LogP contribution is 2.24. The molecule has 1 aromatic heterocycles. The van der Waals surface area contributed by atoms with Crippen LogP contribution in [0.3, 0.4) is 0 Å². The van der Waals surface area contributed by atoms with Crippen LogP contribution in [0.15, 0.2) is 41.7 Å². The van der Waals surface area contributed by atoms with Crippen molar-refractivity contribution in [2.24, 2.45) is 5.73 Å². The second-order valence-corrected chi connectivity index (χ2v) is 4.56. The minimum atomic E-state index is -0.430. The average molecular weight is 260 g/mol. The van der Waals surface area contributed by atoms with Crippen molar-refractivity contribution in [1.82, 2.24) is 9.97 Å². The Morgan fingerprint density at radius 2 is 2.06 bits per heavy atom. The molecule has 0 aliphatic heterocycles. The number of hydrogen-bond donors (Lipinski definition) is 2. The summed E-state index contributed by atoms with van der Waals surface area (Å²) in [6.45, 7) is 0. The number of nitrogens with two attached hydrogens (primary N) is 2. The van der Waals surface area contributed by atoms with Gasteiger partial charge in [0.05, 0.1) is 0 Å². The van der Waals surface area contributed by atoms with Crippen molar-refractivity contribution in [3.8, 4) is 0 Å². The molecule has 6 heteroatoms. The van der Waals surface area contributed by atoms with E-state index in [4.69, 9.17) is 11.5 Å². The van der Waals surface area contributed by atoms with Gasteiger partial charge in [0.1, 0.15) is 5.03 Å². The van der Waals surface area contributed by atoms with Crippen LogP contribution in [0.1, 0.15) is 15.9 Å². The summed E-state index contributed by atoms with van der Waals surface area (Å²) in [5.74, 6) is 0.638. The Labute approximate surface area is 109 Å². The molecule has 0 saturated heterocycles. The van der Waals surface area contributed by atoms with Crippen molar-refractivity contribution in [2.75, 3.05) is 5.73 Å². The van der Waals surface area contributed by atoms with Gasteiger partial charge in [0, 0.05) is 23.7 Å². The van der Waals surface area contributed by atoms with E-state index in [0.717, 1.165) is 5.56 Å². The molecule has 4 N–H and O–H groups in total. The van der Waals surface area contributed by atoms with Gasteiger partial charge in [-0.15, -0.1) is 0 Å². The summed E-state index contributed by atoms with van der Waals surface area (Å²) >= 11 is 1.47. The molecule has 0 fully saturated rings. The minimum Gasteiger partial charge on any atom is -0.381 e. The number of benzene rings is 1. The van der Waals surface area contributed by atoms with Crippen molar-refractivity contribution in [3.05, 3.63) is 47.8 Å². The summed E-state index contributed by atoms with van der Waals surface area (Å²) in [6.07, 6.45) is 3.14. The van der Waals surface area contributed by atoms with Gasteiger partial charge in [-0.1, -0.05) is 23.9 Å². The highest BCUT2D eigenvalue weighted by molar-refractivity contribution is 7.98. The van der Waals surface area contributed by atoms with Crippen LogP contribution < -0.4 is 11.5 Å². The average Bonchev–Trinajstić information content (AvgIpc) is 2.38. The molecule has 2 rings (SSSR count). The summed E-state index contributed by atoms with van der Waals surface area (Å²) in [5.41, 5.74) is 12.4. The molecule has 0 aliphatic carbocycles. The molecule has 0 atom stereocenters. The van der Waals surface area contributed by atoms with Crippen LogP contribution in [0, 0.1) is 0 Å². The molecule has 0 spiro atoms. The molecule has 1 heterocycles. The molecule has 0 bridgehead atoms. The molecule has 1 aromatic carbocycles. The zero-order chi connectivity index (χ0) is 13.0. The van der Waals surface area contributed by atoms with Gasteiger partial charge in [0.2, 0.25) is 5.91 Å². The molecule has 1 amide bonds. The predicted octanol–water partition coefficient (Wildman–Crippen LogP) is 1.45. The number of aromatic nitrogens is 2. The number of amides is 1. The van der Waals surface area contributed by atoms with Gasteiger partial charge in [0.25, 0.3) is 0 Å². The number of nitrogens with zero attached hydrogens (tertiary/aromatic N) is 2. The van der Waals surface area contributed by atoms with Crippen LogP contribution in [0.4, 0.5) is 5.82 Å². The normalized spacial score (nSPS) is 10.2. The summed E-state index contributed by atoms with van der Waals surface area (Å²) < 4.78 is 0. The number of thioether (sulfide) groups is 1. The Balaban J connectivity index is 2.09. The van der Waals surface area contributed by atoms with E-state index < -0.39 is 5.91 Å². The molecule has 2 aromatic rings.